The van der Waals surface area contributed by atoms with Gasteiger partial charge in [-0.25, -0.2) is 9.18 Å². The predicted octanol–water partition coefficient (Wildman–Crippen LogP) is 0.616. The highest BCUT2D eigenvalue weighted by atomic mass is 19.1. The third-order valence-electron chi connectivity index (χ3n) is 2.50. The molecular weight excluding hydrogens is 215 g/mol. The lowest BCUT2D eigenvalue weighted by Crippen LogP contribution is -2.33. The van der Waals surface area contributed by atoms with E-state index in [2.05, 4.69) is 11.6 Å². The SMILES string of the molecule is C=C1O[C@@H](n2cc(C)c(=O)[nH]c2=O)C[C@@H]1F. The minimum atomic E-state index is -1.27. The normalized spacial score (nSPS) is 24.5. The highest BCUT2D eigenvalue weighted by molar-refractivity contribution is 5.04. The molecule has 2 atom stereocenters. The van der Waals surface area contributed by atoms with Crippen molar-refractivity contribution in [1.82, 2.24) is 9.55 Å². The van der Waals surface area contributed by atoms with Crippen LogP contribution in [0.15, 0.2) is 28.1 Å². The molecule has 1 saturated heterocycles. The molecule has 2 rings (SSSR count). The summed E-state index contributed by atoms with van der Waals surface area (Å²) in [5.74, 6) is 0.0146. The zero-order valence-corrected chi connectivity index (χ0v) is 8.70. The van der Waals surface area contributed by atoms with Crippen LogP contribution in [0.1, 0.15) is 18.2 Å². The van der Waals surface area contributed by atoms with Crippen LogP contribution >= 0.6 is 0 Å². The van der Waals surface area contributed by atoms with Crippen LogP contribution in [-0.2, 0) is 4.74 Å². The molecule has 1 aromatic rings. The van der Waals surface area contributed by atoms with Crippen molar-refractivity contribution >= 4 is 0 Å². The predicted molar refractivity (Wildman–Crippen MR) is 54.8 cm³/mol. The summed E-state index contributed by atoms with van der Waals surface area (Å²) < 4.78 is 19.4. The molecule has 1 fully saturated rings. The highest BCUT2D eigenvalue weighted by Gasteiger charge is 2.31. The summed E-state index contributed by atoms with van der Waals surface area (Å²) in [6, 6.07) is 0. The van der Waals surface area contributed by atoms with Gasteiger partial charge in [-0.1, -0.05) is 6.58 Å². The molecule has 5 nitrogen and oxygen atoms in total. The van der Waals surface area contributed by atoms with Gasteiger partial charge in [0, 0.05) is 18.2 Å². The number of aromatic amines is 1. The van der Waals surface area contributed by atoms with Gasteiger partial charge >= 0.3 is 5.69 Å². The van der Waals surface area contributed by atoms with Gasteiger partial charge in [0.25, 0.3) is 5.56 Å². The standard InChI is InChI=1S/C10H11FN2O3/c1-5-4-13(10(15)12-9(5)14)8-3-7(11)6(2)16-8/h4,7-8H,2-3H2,1H3,(H,12,14,15)/t7-,8+/m0/s1. The fourth-order valence-corrected chi connectivity index (χ4v) is 1.58. The molecular formula is C10H11FN2O3. The maximum absolute atomic E-state index is 13.2. The smallest absolute Gasteiger partial charge is 0.331 e. The van der Waals surface area contributed by atoms with E-state index < -0.39 is 23.6 Å². The van der Waals surface area contributed by atoms with Gasteiger partial charge in [0.2, 0.25) is 0 Å². The number of alkyl halides is 1. The number of aromatic nitrogens is 2. The van der Waals surface area contributed by atoms with Crippen molar-refractivity contribution in [3.05, 3.63) is 44.9 Å². The van der Waals surface area contributed by atoms with Gasteiger partial charge in [-0.05, 0) is 6.92 Å². The lowest BCUT2D eigenvalue weighted by Gasteiger charge is -2.13. The molecule has 16 heavy (non-hydrogen) atoms. The Morgan fingerprint density at radius 2 is 2.31 bits per heavy atom. The second-order valence-corrected chi connectivity index (χ2v) is 3.72. The Balaban J connectivity index is 2.43. The number of nitrogens with one attached hydrogen (secondary N) is 1. The highest BCUT2D eigenvalue weighted by Crippen LogP contribution is 2.31. The Morgan fingerprint density at radius 3 is 2.88 bits per heavy atom. The number of aryl methyl sites for hydroxylation is 1. The third kappa shape index (κ3) is 1.66. The van der Waals surface area contributed by atoms with Crippen molar-refractivity contribution in [3.8, 4) is 0 Å². The van der Waals surface area contributed by atoms with Gasteiger partial charge in [-0.2, -0.15) is 0 Å². The Bertz CT molecular complexity index is 546. The van der Waals surface area contributed by atoms with E-state index in [1.54, 1.807) is 6.92 Å². The molecule has 0 radical (unpaired) electrons. The number of allylic oxidation sites excluding steroid dienone is 1. The molecule has 1 aliphatic heterocycles. The minimum absolute atomic E-state index is 0.0146. The number of hydrogen-bond acceptors (Lipinski definition) is 3. The number of hydrogen-bond donors (Lipinski definition) is 1. The van der Waals surface area contributed by atoms with E-state index in [9.17, 15) is 14.0 Å². The maximum atomic E-state index is 13.2. The molecule has 1 N–H and O–H groups in total. The molecule has 86 valence electrons. The van der Waals surface area contributed by atoms with Crippen LogP contribution in [0, 0.1) is 6.92 Å². The summed E-state index contributed by atoms with van der Waals surface area (Å²) in [6.07, 6.45) is -0.615. The molecule has 0 unspecified atom stereocenters. The number of rotatable bonds is 1. The second kappa shape index (κ2) is 3.62. The van der Waals surface area contributed by atoms with Crippen LogP contribution in [0.25, 0.3) is 0 Å². The average molecular weight is 226 g/mol. The fourth-order valence-electron chi connectivity index (χ4n) is 1.58. The first-order valence-corrected chi connectivity index (χ1v) is 4.80. The van der Waals surface area contributed by atoms with E-state index in [-0.39, 0.29) is 12.2 Å². The summed E-state index contributed by atoms with van der Waals surface area (Å²) in [7, 11) is 0. The zero-order chi connectivity index (χ0) is 11.9. The van der Waals surface area contributed by atoms with E-state index in [0.29, 0.717) is 5.56 Å². The van der Waals surface area contributed by atoms with E-state index >= 15 is 0 Å². The monoisotopic (exact) mass is 226 g/mol. The Labute approximate surface area is 90.2 Å². The summed E-state index contributed by atoms with van der Waals surface area (Å²) >= 11 is 0. The average Bonchev–Trinajstić information content (AvgIpc) is 2.53. The number of H-pyrrole nitrogens is 1. The first-order chi connectivity index (χ1) is 7.49. The minimum Gasteiger partial charge on any atom is -0.472 e. The van der Waals surface area contributed by atoms with Crippen LogP contribution < -0.4 is 11.2 Å². The quantitative estimate of drug-likeness (QED) is 0.763. The fraction of sp³-hybridized carbons (Fsp3) is 0.400. The van der Waals surface area contributed by atoms with Crippen molar-refractivity contribution in [1.29, 1.82) is 0 Å². The van der Waals surface area contributed by atoms with Gasteiger partial charge < -0.3 is 4.74 Å². The van der Waals surface area contributed by atoms with Crippen molar-refractivity contribution in [2.24, 2.45) is 0 Å². The first-order valence-electron chi connectivity index (χ1n) is 4.80. The molecule has 1 aliphatic rings. The summed E-state index contributed by atoms with van der Waals surface area (Å²) in [4.78, 5) is 24.7. The van der Waals surface area contributed by atoms with Gasteiger partial charge in [0.1, 0.15) is 5.76 Å². The number of nitrogens with zero attached hydrogens (tertiary/aromatic N) is 1. The Hall–Kier alpha value is -1.85. The molecule has 0 bridgehead atoms. The molecule has 2 heterocycles. The van der Waals surface area contributed by atoms with Gasteiger partial charge in [-0.15, -0.1) is 0 Å². The second-order valence-electron chi connectivity index (χ2n) is 3.72. The third-order valence-corrected chi connectivity index (χ3v) is 2.50. The van der Waals surface area contributed by atoms with Crippen LogP contribution in [0.3, 0.4) is 0 Å². The molecule has 0 spiro atoms. The van der Waals surface area contributed by atoms with Gasteiger partial charge in [-0.3, -0.25) is 14.3 Å². The van der Waals surface area contributed by atoms with Gasteiger partial charge in [0.05, 0.1) is 0 Å². The molecule has 1 aromatic heterocycles. The lowest BCUT2D eigenvalue weighted by atomic mass is 10.2. The molecule has 0 saturated carbocycles. The van der Waals surface area contributed by atoms with Gasteiger partial charge in [0.15, 0.2) is 12.4 Å². The molecule has 0 aliphatic carbocycles. The van der Waals surface area contributed by atoms with E-state index in [1.165, 1.54) is 10.8 Å². The first kappa shape index (κ1) is 10.7. The summed E-state index contributed by atoms with van der Waals surface area (Å²) in [5, 5.41) is 0. The van der Waals surface area contributed by atoms with Crippen molar-refractivity contribution in [2.75, 3.05) is 0 Å². The molecule has 0 amide bonds. The Kier molecular flexibility index (Phi) is 2.41. The Morgan fingerprint density at radius 1 is 1.62 bits per heavy atom. The van der Waals surface area contributed by atoms with Crippen LogP contribution in [0.4, 0.5) is 4.39 Å². The zero-order valence-electron chi connectivity index (χ0n) is 8.70. The summed E-state index contributed by atoms with van der Waals surface area (Å²) in [5.41, 5.74) is -0.687. The molecule has 0 aromatic carbocycles. The number of halogens is 1. The molecule has 6 heteroatoms. The van der Waals surface area contributed by atoms with E-state index in [4.69, 9.17) is 4.74 Å². The van der Waals surface area contributed by atoms with Crippen LogP contribution in [-0.4, -0.2) is 15.7 Å². The largest absolute Gasteiger partial charge is 0.472 e. The van der Waals surface area contributed by atoms with E-state index in [0.717, 1.165) is 0 Å². The van der Waals surface area contributed by atoms with Crippen molar-refractivity contribution in [3.63, 3.8) is 0 Å². The van der Waals surface area contributed by atoms with Crippen LogP contribution in [0.5, 0.6) is 0 Å². The van der Waals surface area contributed by atoms with Crippen molar-refractivity contribution < 1.29 is 9.13 Å². The number of ether oxygens (including phenoxy) is 1. The maximum Gasteiger partial charge on any atom is 0.331 e. The summed E-state index contributed by atoms with van der Waals surface area (Å²) in [6.45, 7) is 4.96. The van der Waals surface area contributed by atoms with Crippen molar-refractivity contribution in [2.45, 2.75) is 25.7 Å². The van der Waals surface area contributed by atoms with E-state index in [1.807, 2.05) is 0 Å². The lowest BCUT2D eigenvalue weighted by molar-refractivity contribution is 0.0935. The van der Waals surface area contributed by atoms with Crippen LogP contribution in [0.2, 0.25) is 0 Å². The topological polar surface area (TPSA) is 64.1 Å².